The molecule has 2 N–H and O–H groups in total. The van der Waals surface area contributed by atoms with E-state index in [-0.39, 0.29) is 11.6 Å². The Labute approximate surface area is 241 Å². The number of H-pyrrole nitrogens is 1. The SMILES string of the molecule is Cc1ccn2nc([C@H](C)Nc3ncnc4[nH]cc(-c5ccn(CCN6CCOCC6)n5)c34)n(-c3ccccc3)c(=O)c12. The van der Waals surface area contributed by atoms with Gasteiger partial charge < -0.3 is 15.0 Å². The van der Waals surface area contributed by atoms with E-state index in [1.54, 1.807) is 9.08 Å². The molecular formula is C30H32N10O2. The molecule has 42 heavy (non-hydrogen) atoms. The average molecular weight is 565 g/mol. The van der Waals surface area contributed by atoms with Crippen LogP contribution in [0.3, 0.4) is 0 Å². The molecule has 5 aromatic heterocycles. The summed E-state index contributed by atoms with van der Waals surface area (Å²) in [5.41, 5.74) is 4.48. The molecule has 0 spiro atoms. The van der Waals surface area contributed by atoms with E-state index < -0.39 is 0 Å². The molecule has 6 heterocycles. The van der Waals surface area contributed by atoms with E-state index in [0.29, 0.717) is 22.8 Å². The van der Waals surface area contributed by atoms with E-state index in [1.165, 1.54) is 6.33 Å². The second kappa shape index (κ2) is 10.9. The Hall–Kier alpha value is -4.81. The number of ether oxygens (including phenoxy) is 1. The van der Waals surface area contributed by atoms with Crippen molar-refractivity contribution in [2.24, 2.45) is 0 Å². The fraction of sp³-hybridized carbons (Fsp3) is 0.300. The highest BCUT2D eigenvalue weighted by Gasteiger charge is 2.22. The number of nitrogens with zero attached hydrogens (tertiary/aromatic N) is 8. The lowest BCUT2D eigenvalue weighted by atomic mass is 10.1. The van der Waals surface area contributed by atoms with E-state index in [2.05, 4.69) is 25.2 Å². The lowest BCUT2D eigenvalue weighted by molar-refractivity contribution is 0.0360. The van der Waals surface area contributed by atoms with Gasteiger partial charge in [-0.15, -0.1) is 0 Å². The van der Waals surface area contributed by atoms with Crippen LogP contribution < -0.4 is 10.9 Å². The Morgan fingerprint density at radius 3 is 2.69 bits per heavy atom. The lowest BCUT2D eigenvalue weighted by Crippen LogP contribution is -2.38. The fourth-order valence-electron chi connectivity index (χ4n) is 5.58. The van der Waals surface area contributed by atoms with Crippen molar-refractivity contribution in [1.29, 1.82) is 0 Å². The Morgan fingerprint density at radius 2 is 1.86 bits per heavy atom. The Kier molecular flexibility index (Phi) is 6.76. The second-order valence-electron chi connectivity index (χ2n) is 10.6. The van der Waals surface area contributed by atoms with Crippen LogP contribution in [0.2, 0.25) is 0 Å². The number of rotatable bonds is 8. The zero-order chi connectivity index (χ0) is 28.6. The van der Waals surface area contributed by atoms with Crippen molar-refractivity contribution >= 4 is 22.4 Å². The molecule has 7 rings (SSSR count). The van der Waals surface area contributed by atoms with Crippen LogP contribution in [0.5, 0.6) is 0 Å². The molecule has 1 atom stereocenters. The van der Waals surface area contributed by atoms with Crippen molar-refractivity contribution in [2.45, 2.75) is 26.4 Å². The van der Waals surface area contributed by atoms with E-state index in [4.69, 9.17) is 14.9 Å². The van der Waals surface area contributed by atoms with E-state index in [9.17, 15) is 4.79 Å². The number of hydrogen-bond donors (Lipinski definition) is 2. The quantitative estimate of drug-likeness (QED) is 0.288. The number of aryl methyl sites for hydroxylation is 1. The predicted octanol–water partition coefficient (Wildman–Crippen LogP) is 3.43. The van der Waals surface area contributed by atoms with Gasteiger partial charge in [-0.2, -0.15) is 10.2 Å². The summed E-state index contributed by atoms with van der Waals surface area (Å²) >= 11 is 0. The van der Waals surface area contributed by atoms with Crippen molar-refractivity contribution in [2.75, 3.05) is 38.2 Å². The number of para-hydroxylation sites is 1. The van der Waals surface area contributed by atoms with Crippen LogP contribution in [0.15, 0.2) is 72.2 Å². The van der Waals surface area contributed by atoms with Gasteiger partial charge in [0.1, 0.15) is 23.3 Å². The zero-order valence-corrected chi connectivity index (χ0v) is 23.6. The largest absolute Gasteiger partial charge is 0.379 e. The van der Waals surface area contributed by atoms with Crippen LogP contribution in [0, 0.1) is 6.92 Å². The maximum Gasteiger partial charge on any atom is 0.282 e. The smallest absolute Gasteiger partial charge is 0.282 e. The number of benzene rings is 1. The zero-order valence-electron chi connectivity index (χ0n) is 23.6. The summed E-state index contributed by atoms with van der Waals surface area (Å²) in [5.74, 6) is 1.19. The second-order valence-corrected chi connectivity index (χ2v) is 10.6. The number of aromatic nitrogens is 8. The first-order chi connectivity index (χ1) is 20.6. The third-order valence-electron chi connectivity index (χ3n) is 7.80. The van der Waals surface area contributed by atoms with Gasteiger partial charge in [-0.3, -0.25) is 18.9 Å². The van der Waals surface area contributed by atoms with Crippen molar-refractivity contribution in [3.05, 3.63) is 89.1 Å². The fourth-order valence-corrected chi connectivity index (χ4v) is 5.58. The van der Waals surface area contributed by atoms with Gasteiger partial charge in [0, 0.05) is 43.8 Å². The van der Waals surface area contributed by atoms with Gasteiger partial charge >= 0.3 is 0 Å². The van der Waals surface area contributed by atoms with Crippen LogP contribution in [-0.2, 0) is 11.3 Å². The summed E-state index contributed by atoms with van der Waals surface area (Å²) in [4.78, 5) is 28.5. The topological polar surface area (TPSA) is 123 Å². The van der Waals surface area contributed by atoms with Crippen molar-refractivity contribution in [1.82, 2.24) is 43.8 Å². The predicted molar refractivity (Wildman–Crippen MR) is 160 cm³/mol. The number of hydrogen-bond acceptors (Lipinski definition) is 8. The van der Waals surface area contributed by atoms with Gasteiger partial charge in [0.05, 0.1) is 42.6 Å². The van der Waals surface area contributed by atoms with Gasteiger partial charge in [-0.25, -0.2) is 14.5 Å². The summed E-state index contributed by atoms with van der Waals surface area (Å²) in [6.07, 6.45) is 7.26. The highest BCUT2D eigenvalue weighted by molar-refractivity contribution is 6.00. The van der Waals surface area contributed by atoms with Crippen LogP contribution in [-0.4, -0.2) is 76.7 Å². The van der Waals surface area contributed by atoms with Gasteiger partial charge in [0.15, 0.2) is 5.82 Å². The molecule has 1 aliphatic rings. The molecule has 0 aliphatic carbocycles. The van der Waals surface area contributed by atoms with Gasteiger partial charge in [0.25, 0.3) is 5.56 Å². The van der Waals surface area contributed by atoms with Crippen LogP contribution in [0.25, 0.3) is 33.5 Å². The first-order valence-electron chi connectivity index (χ1n) is 14.2. The molecular weight excluding hydrogens is 532 g/mol. The molecule has 0 radical (unpaired) electrons. The van der Waals surface area contributed by atoms with E-state index in [0.717, 1.165) is 67.3 Å². The lowest BCUT2D eigenvalue weighted by Gasteiger charge is -2.26. The Bertz CT molecular complexity index is 1910. The normalized spacial score (nSPS) is 15.0. The van der Waals surface area contributed by atoms with Crippen molar-refractivity contribution < 1.29 is 4.74 Å². The van der Waals surface area contributed by atoms with Crippen LogP contribution >= 0.6 is 0 Å². The highest BCUT2D eigenvalue weighted by Crippen LogP contribution is 2.32. The third-order valence-corrected chi connectivity index (χ3v) is 7.80. The van der Waals surface area contributed by atoms with E-state index in [1.807, 2.05) is 79.6 Å². The summed E-state index contributed by atoms with van der Waals surface area (Å²) in [6.45, 7) is 9.08. The molecule has 12 heteroatoms. The molecule has 6 aromatic rings. The number of aromatic amines is 1. The molecule has 1 aliphatic heterocycles. The monoisotopic (exact) mass is 564 g/mol. The molecule has 1 saturated heterocycles. The molecule has 0 saturated carbocycles. The minimum absolute atomic E-state index is 0.125. The minimum atomic E-state index is -0.378. The van der Waals surface area contributed by atoms with Crippen LogP contribution in [0.1, 0.15) is 24.4 Å². The summed E-state index contributed by atoms with van der Waals surface area (Å²) in [7, 11) is 0. The number of fused-ring (bicyclic) bond motifs is 2. The van der Waals surface area contributed by atoms with Gasteiger partial charge in [-0.1, -0.05) is 18.2 Å². The minimum Gasteiger partial charge on any atom is -0.379 e. The van der Waals surface area contributed by atoms with Crippen molar-refractivity contribution in [3.63, 3.8) is 0 Å². The maximum absolute atomic E-state index is 13.8. The molecule has 0 unspecified atom stereocenters. The third kappa shape index (κ3) is 4.74. The highest BCUT2D eigenvalue weighted by atomic mass is 16.5. The maximum atomic E-state index is 13.8. The molecule has 1 aromatic carbocycles. The first kappa shape index (κ1) is 26.1. The Balaban J connectivity index is 1.23. The van der Waals surface area contributed by atoms with Crippen molar-refractivity contribution in [3.8, 4) is 16.9 Å². The molecule has 1 fully saturated rings. The first-order valence-corrected chi connectivity index (χ1v) is 14.2. The summed E-state index contributed by atoms with van der Waals surface area (Å²) < 4.78 is 10.8. The summed E-state index contributed by atoms with van der Waals surface area (Å²) in [6, 6.07) is 13.1. The number of morpholine rings is 1. The molecule has 0 bridgehead atoms. The average Bonchev–Trinajstić information content (AvgIpc) is 3.76. The molecule has 0 amide bonds. The van der Waals surface area contributed by atoms with Gasteiger partial charge in [-0.05, 0) is 43.7 Å². The van der Waals surface area contributed by atoms with Crippen LogP contribution in [0.4, 0.5) is 5.82 Å². The molecule has 12 nitrogen and oxygen atoms in total. The van der Waals surface area contributed by atoms with E-state index >= 15 is 0 Å². The number of nitrogens with one attached hydrogen (secondary N) is 2. The number of anilines is 1. The molecule has 214 valence electrons. The summed E-state index contributed by atoms with van der Waals surface area (Å²) in [5, 5.41) is 14.1. The standard InChI is InChI=1S/C30H32N10O2/c1-20-8-11-39-26(20)30(41)40(22-6-4-3-5-7-22)29(36-39)21(2)34-28-25-23(18-31-27(25)32-19-33-28)24-9-10-38(35-24)13-12-37-14-16-42-17-15-37/h3-11,18-19,21H,12-17H2,1-2H3,(H2,31,32,33,34)/t21-/m0/s1. The van der Waals surface area contributed by atoms with Gasteiger partial charge in [0.2, 0.25) is 0 Å². The Morgan fingerprint density at radius 1 is 1.02 bits per heavy atom.